The maximum Gasteiger partial charge on any atom is 0.335 e. The standard InChI is InChI=1S/C13H21N5O3/c1-10(11(19)17(2)3)21-12(20)13(7-5-4-6-8-13)18-9-14-15-16-18/h9-10H,4-8H2,1-3H3. The van der Waals surface area contributed by atoms with Crippen molar-refractivity contribution >= 4 is 11.9 Å². The number of rotatable bonds is 4. The number of aromatic nitrogens is 4. The summed E-state index contributed by atoms with van der Waals surface area (Å²) < 4.78 is 6.87. The number of carbonyl (C=O) groups excluding carboxylic acids is 2. The van der Waals surface area contributed by atoms with Crippen molar-refractivity contribution in [2.75, 3.05) is 14.1 Å². The van der Waals surface area contributed by atoms with Gasteiger partial charge in [-0.2, -0.15) is 0 Å². The fraction of sp³-hybridized carbons (Fsp3) is 0.769. The average Bonchev–Trinajstić information content (AvgIpc) is 3.01. The molecule has 1 unspecified atom stereocenters. The fourth-order valence-electron chi connectivity index (χ4n) is 2.71. The summed E-state index contributed by atoms with van der Waals surface area (Å²) in [4.78, 5) is 25.9. The SMILES string of the molecule is CC(OC(=O)C1(n2cnnn2)CCCCC1)C(=O)N(C)C. The quantitative estimate of drug-likeness (QED) is 0.745. The summed E-state index contributed by atoms with van der Waals surface area (Å²) in [5.41, 5.74) is -0.886. The van der Waals surface area contributed by atoms with E-state index in [-0.39, 0.29) is 5.91 Å². The summed E-state index contributed by atoms with van der Waals surface area (Å²) in [5, 5.41) is 11.1. The summed E-state index contributed by atoms with van der Waals surface area (Å²) in [7, 11) is 3.26. The number of hydrogen-bond donors (Lipinski definition) is 0. The van der Waals surface area contributed by atoms with Crippen molar-refractivity contribution in [1.29, 1.82) is 0 Å². The lowest BCUT2D eigenvalue weighted by atomic mass is 9.82. The number of tetrazole rings is 1. The lowest BCUT2D eigenvalue weighted by Gasteiger charge is -2.35. The molecule has 1 heterocycles. The lowest BCUT2D eigenvalue weighted by Crippen LogP contribution is -2.48. The van der Waals surface area contributed by atoms with Crippen LogP contribution in [0.3, 0.4) is 0 Å². The zero-order valence-corrected chi connectivity index (χ0v) is 12.7. The maximum atomic E-state index is 12.6. The number of nitrogens with zero attached hydrogens (tertiary/aromatic N) is 5. The number of amides is 1. The van der Waals surface area contributed by atoms with Gasteiger partial charge < -0.3 is 9.64 Å². The van der Waals surface area contributed by atoms with Crippen molar-refractivity contribution in [1.82, 2.24) is 25.1 Å². The van der Waals surface area contributed by atoms with E-state index in [9.17, 15) is 9.59 Å². The van der Waals surface area contributed by atoms with Crippen LogP contribution < -0.4 is 0 Å². The number of hydrogen-bond acceptors (Lipinski definition) is 6. The molecule has 8 nitrogen and oxygen atoms in total. The molecule has 8 heteroatoms. The highest BCUT2D eigenvalue weighted by Gasteiger charge is 2.45. The first-order valence-corrected chi connectivity index (χ1v) is 7.13. The smallest absolute Gasteiger partial charge is 0.335 e. The van der Waals surface area contributed by atoms with E-state index in [1.165, 1.54) is 15.9 Å². The van der Waals surface area contributed by atoms with Crippen molar-refractivity contribution in [3.63, 3.8) is 0 Å². The second-order valence-electron chi connectivity index (χ2n) is 5.63. The summed E-state index contributed by atoms with van der Waals surface area (Å²) in [6.45, 7) is 1.58. The second-order valence-corrected chi connectivity index (χ2v) is 5.63. The Balaban J connectivity index is 2.18. The molecule has 0 aliphatic heterocycles. The molecule has 1 aliphatic carbocycles. The fourth-order valence-corrected chi connectivity index (χ4v) is 2.71. The molecule has 1 amide bonds. The Morgan fingerprint density at radius 3 is 2.48 bits per heavy atom. The first-order valence-electron chi connectivity index (χ1n) is 7.13. The van der Waals surface area contributed by atoms with Crippen molar-refractivity contribution < 1.29 is 14.3 Å². The molecule has 0 N–H and O–H groups in total. The third-order valence-corrected chi connectivity index (χ3v) is 3.92. The van der Waals surface area contributed by atoms with Gasteiger partial charge in [0.15, 0.2) is 11.6 Å². The van der Waals surface area contributed by atoms with E-state index in [0.29, 0.717) is 12.8 Å². The molecule has 0 bridgehead atoms. The zero-order chi connectivity index (χ0) is 15.5. The number of carbonyl (C=O) groups is 2. The Kier molecular flexibility index (Phi) is 4.54. The minimum Gasteiger partial charge on any atom is -0.451 e. The summed E-state index contributed by atoms with van der Waals surface area (Å²) in [6.07, 6.45) is 4.76. The molecule has 1 saturated carbocycles. The highest BCUT2D eigenvalue weighted by atomic mass is 16.6. The topological polar surface area (TPSA) is 90.2 Å². The number of esters is 1. The molecule has 1 atom stereocenters. The van der Waals surface area contributed by atoms with Gasteiger partial charge in [-0.05, 0) is 30.2 Å². The first kappa shape index (κ1) is 15.4. The van der Waals surface area contributed by atoms with Crippen LogP contribution >= 0.6 is 0 Å². The third-order valence-electron chi connectivity index (χ3n) is 3.92. The van der Waals surface area contributed by atoms with Gasteiger partial charge in [-0.15, -0.1) is 5.10 Å². The van der Waals surface area contributed by atoms with E-state index in [0.717, 1.165) is 19.3 Å². The minimum absolute atomic E-state index is 0.244. The number of likely N-dealkylation sites (N-methyl/N-ethyl adjacent to an activating group) is 1. The Bertz CT molecular complexity index is 494. The van der Waals surface area contributed by atoms with Crippen LogP contribution in [0.2, 0.25) is 0 Å². The van der Waals surface area contributed by atoms with E-state index in [1.807, 2.05) is 0 Å². The Labute approximate surface area is 123 Å². The predicted octanol–water partition coefficient (Wildman–Crippen LogP) is 0.352. The Morgan fingerprint density at radius 2 is 1.95 bits per heavy atom. The molecular formula is C13H21N5O3. The third kappa shape index (κ3) is 3.03. The van der Waals surface area contributed by atoms with Crippen molar-refractivity contribution in [2.24, 2.45) is 0 Å². The molecule has 1 aromatic rings. The largest absolute Gasteiger partial charge is 0.451 e. The molecular weight excluding hydrogens is 274 g/mol. The zero-order valence-electron chi connectivity index (χ0n) is 12.7. The second kappa shape index (κ2) is 6.19. The molecule has 21 heavy (non-hydrogen) atoms. The van der Waals surface area contributed by atoms with E-state index < -0.39 is 17.6 Å². The van der Waals surface area contributed by atoms with E-state index >= 15 is 0 Å². The Hall–Kier alpha value is -1.99. The molecule has 0 saturated heterocycles. The van der Waals surface area contributed by atoms with E-state index in [1.54, 1.807) is 21.0 Å². The summed E-state index contributed by atoms with van der Waals surface area (Å²) >= 11 is 0. The van der Waals surface area contributed by atoms with Crippen LogP contribution in [0.25, 0.3) is 0 Å². The molecule has 1 aliphatic rings. The van der Waals surface area contributed by atoms with E-state index in [2.05, 4.69) is 15.5 Å². The van der Waals surface area contributed by atoms with Gasteiger partial charge in [0, 0.05) is 14.1 Å². The maximum absolute atomic E-state index is 12.6. The lowest BCUT2D eigenvalue weighted by molar-refractivity contribution is -0.168. The van der Waals surface area contributed by atoms with Gasteiger partial charge in [0.25, 0.3) is 5.91 Å². The van der Waals surface area contributed by atoms with Gasteiger partial charge in [-0.25, -0.2) is 9.48 Å². The van der Waals surface area contributed by atoms with Crippen LogP contribution in [-0.4, -0.2) is 57.2 Å². The molecule has 1 aromatic heterocycles. The Morgan fingerprint density at radius 1 is 1.29 bits per heavy atom. The predicted molar refractivity (Wildman–Crippen MR) is 73.1 cm³/mol. The molecule has 2 rings (SSSR count). The van der Waals surface area contributed by atoms with Crippen LogP contribution in [0.4, 0.5) is 0 Å². The van der Waals surface area contributed by atoms with Gasteiger partial charge in [0.2, 0.25) is 0 Å². The van der Waals surface area contributed by atoms with Gasteiger partial charge >= 0.3 is 5.97 Å². The number of ether oxygens (including phenoxy) is 1. The molecule has 116 valence electrons. The van der Waals surface area contributed by atoms with Gasteiger partial charge in [0.1, 0.15) is 6.33 Å². The van der Waals surface area contributed by atoms with Crippen molar-refractivity contribution in [2.45, 2.75) is 50.7 Å². The van der Waals surface area contributed by atoms with Gasteiger partial charge in [0.05, 0.1) is 0 Å². The normalized spacial score (nSPS) is 18.8. The van der Waals surface area contributed by atoms with Crippen molar-refractivity contribution in [3.05, 3.63) is 6.33 Å². The summed E-state index contributed by atoms with van der Waals surface area (Å²) in [6, 6.07) is 0. The molecule has 0 aromatic carbocycles. The van der Waals surface area contributed by atoms with Crippen LogP contribution in [0.5, 0.6) is 0 Å². The molecule has 1 fully saturated rings. The van der Waals surface area contributed by atoms with Crippen LogP contribution in [0.15, 0.2) is 6.33 Å². The minimum atomic E-state index is -0.886. The van der Waals surface area contributed by atoms with E-state index in [4.69, 9.17) is 4.74 Å². The molecule has 0 radical (unpaired) electrons. The molecule has 0 spiro atoms. The van der Waals surface area contributed by atoms with Gasteiger partial charge in [-0.1, -0.05) is 19.3 Å². The summed E-state index contributed by atoms with van der Waals surface area (Å²) in [5.74, 6) is -0.678. The highest BCUT2D eigenvalue weighted by molar-refractivity contribution is 5.85. The highest BCUT2D eigenvalue weighted by Crippen LogP contribution is 2.35. The van der Waals surface area contributed by atoms with Crippen LogP contribution in [0.1, 0.15) is 39.0 Å². The van der Waals surface area contributed by atoms with Gasteiger partial charge in [-0.3, -0.25) is 4.79 Å². The van der Waals surface area contributed by atoms with Crippen molar-refractivity contribution in [3.8, 4) is 0 Å². The first-order chi connectivity index (χ1) is 9.97. The van der Waals surface area contributed by atoms with Crippen LogP contribution in [0, 0.1) is 0 Å². The average molecular weight is 295 g/mol. The van der Waals surface area contributed by atoms with Crippen LogP contribution in [-0.2, 0) is 19.9 Å². The monoisotopic (exact) mass is 295 g/mol.